The highest BCUT2D eigenvalue weighted by Gasteiger charge is 2.51. The number of hydrogen-bond donors (Lipinski definition) is 3. The van der Waals surface area contributed by atoms with Crippen molar-refractivity contribution in [1.82, 2.24) is 0 Å². The van der Waals surface area contributed by atoms with Gasteiger partial charge in [0.05, 0.1) is 16.8 Å². The quantitative estimate of drug-likeness (QED) is 0.627. The minimum Gasteiger partial charge on any atom is -0.390 e. The Labute approximate surface area is 110 Å². The highest BCUT2D eigenvalue weighted by Crippen LogP contribution is 2.50. The van der Waals surface area contributed by atoms with Crippen LogP contribution in [0.2, 0.25) is 0 Å². The van der Waals surface area contributed by atoms with Gasteiger partial charge in [-0.1, -0.05) is 6.08 Å². The molecule has 0 bridgehead atoms. The normalized spacial score (nSPS) is 45.4. The molecule has 4 atom stereocenters. The van der Waals surface area contributed by atoms with Crippen molar-refractivity contribution in [3.8, 4) is 0 Å². The molecule has 3 heteroatoms. The van der Waals surface area contributed by atoms with E-state index in [0.29, 0.717) is 19.3 Å². The standard InChI is InChI=1S/C15H26O3/c1-13(2,16)10-5-7-14(3,17)11-6-8-15(4,18)12(11)9-10/h9,11-12,16-18H,5-8H2,1-4H3. The Morgan fingerprint density at radius 3 is 2.33 bits per heavy atom. The monoisotopic (exact) mass is 254 g/mol. The minimum atomic E-state index is -0.871. The summed E-state index contributed by atoms with van der Waals surface area (Å²) in [5.74, 6) is 0.0313. The van der Waals surface area contributed by atoms with Crippen LogP contribution in [0.1, 0.15) is 53.4 Å². The van der Waals surface area contributed by atoms with Crippen molar-refractivity contribution in [2.45, 2.75) is 70.2 Å². The summed E-state index contributed by atoms with van der Waals surface area (Å²) in [5.41, 5.74) is -1.45. The number of hydrogen-bond acceptors (Lipinski definition) is 3. The fourth-order valence-electron chi connectivity index (χ4n) is 3.60. The third kappa shape index (κ3) is 2.36. The zero-order valence-corrected chi connectivity index (χ0v) is 11.9. The Hall–Kier alpha value is -0.380. The van der Waals surface area contributed by atoms with Crippen molar-refractivity contribution in [2.24, 2.45) is 11.8 Å². The molecule has 0 aromatic carbocycles. The van der Waals surface area contributed by atoms with Gasteiger partial charge in [0.1, 0.15) is 0 Å². The highest BCUT2D eigenvalue weighted by atomic mass is 16.3. The Morgan fingerprint density at radius 1 is 1.17 bits per heavy atom. The SMILES string of the molecule is CC(C)(O)C1=CC2C(CCC2(C)O)C(C)(O)CC1. The van der Waals surface area contributed by atoms with E-state index in [9.17, 15) is 15.3 Å². The third-order valence-corrected chi connectivity index (χ3v) is 4.98. The fourth-order valence-corrected chi connectivity index (χ4v) is 3.60. The van der Waals surface area contributed by atoms with Crippen molar-refractivity contribution in [1.29, 1.82) is 0 Å². The fraction of sp³-hybridized carbons (Fsp3) is 0.867. The second-order valence-electron chi connectivity index (χ2n) is 7.14. The molecule has 104 valence electrons. The predicted molar refractivity (Wildman–Crippen MR) is 71.1 cm³/mol. The molecule has 2 aliphatic rings. The van der Waals surface area contributed by atoms with Crippen LogP contribution < -0.4 is 0 Å². The van der Waals surface area contributed by atoms with E-state index in [1.807, 2.05) is 19.9 Å². The summed E-state index contributed by atoms with van der Waals surface area (Å²) in [6.07, 6.45) is 4.94. The summed E-state index contributed by atoms with van der Waals surface area (Å²) < 4.78 is 0. The van der Waals surface area contributed by atoms with E-state index in [-0.39, 0.29) is 11.8 Å². The number of fused-ring (bicyclic) bond motifs is 1. The molecule has 0 amide bonds. The summed E-state index contributed by atoms with van der Waals surface area (Å²) in [6.45, 7) is 7.26. The molecule has 0 aliphatic heterocycles. The minimum absolute atomic E-state index is 0.0589. The van der Waals surface area contributed by atoms with Gasteiger partial charge in [0, 0.05) is 5.92 Å². The first-order valence-corrected chi connectivity index (χ1v) is 6.92. The van der Waals surface area contributed by atoms with Crippen molar-refractivity contribution >= 4 is 0 Å². The van der Waals surface area contributed by atoms with E-state index < -0.39 is 16.8 Å². The maximum Gasteiger partial charge on any atom is 0.0800 e. The van der Waals surface area contributed by atoms with Gasteiger partial charge in [-0.3, -0.25) is 0 Å². The van der Waals surface area contributed by atoms with E-state index in [1.165, 1.54) is 0 Å². The summed E-state index contributed by atoms with van der Waals surface area (Å²) in [4.78, 5) is 0. The van der Waals surface area contributed by atoms with Crippen LogP contribution in [-0.4, -0.2) is 32.1 Å². The lowest BCUT2D eigenvalue weighted by molar-refractivity contribution is -0.0420. The van der Waals surface area contributed by atoms with Crippen LogP contribution in [-0.2, 0) is 0 Å². The van der Waals surface area contributed by atoms with Gasteiger partial charge in [-0.25, -0.2) is 0 Å². The second-order valence-corrected chi connectivity index (χ2v) is 7.14. The van der Waals surface area contributed by atoms with Crippen LogP contribution in [0.5, 0.6) is 0 Å². The maximum atomic E-state index is 10.6. The van der Waals surface area contributed by atoms with Crippen LogP contribution in [0, 0.1) is 11.8 Å². The molecule has 3 nitrogen and oxygen atoms in total. The molecule has 2 aliphatic carbocycles. The second kappa shape index (κ2) is 4.06. The van der Waals surface area contributed by atoms with Crippen molar-refractivity contribution in [2.75, 3.05) is 0 Å². The molecule has 4 unspecified atom stereocenters. The first-order valence-electron chi connectivity index (χ1n) is 6.92. The van der Waals surface area contributed by atoms with Crippen LogP contribution >= 0.6 is 0 Å². The lowest BCUT2D eigenvalue weighted by Crippen LogP contribution is -2.40. The molecule has 1 fully saturated rings. The molecule has 18 heavy (non-hydrogen) atoms. The third-order valence-electron chi connectivity index (χ3n) is 4.98. The Bertz CT molecular complexity index is 360. The van der Waals surface area contributed by atoms with Gasteiger partial charge in [0.15, 0.2) is 0 Å². The molecule has 0 heterocycles. The van der Waals surface area contributed by atoms with E-state index in [4.69, 9.17) is 0 Å². The van der Waals surface area contributed by atoms with Crippen LogP contribution in [0.3, 0.4) is 0 Å². The van der Waals surface area contributed by atoms with E-state index >= 15 is 0 Å². The number of rotatable bonds is 1. The molecular weight excluding hydrogens is 228 g/mol. The van der Waals surface area contributed by atoms with Gasteiger partial charge in [0.25, 0.3) is 0 Å². The molecule has 0 radical (unpaired) electrons. The van der Waals surface area contributed by atoms with Gasteiger partial charge >= 0.3 is 0 Å². The number of aliphatic hydroxyl groups is 3. The topological polar surface area (TPSA) is 60.7 Å². The van der Waals surface area contributed by atoms with Crippen LogP contribution in [0.4, 0.5) is 0 Å². The molecule has 0 saturated heterocycles. The van der Waals surface area contributed by atoms with Crippen LogP contribution in [0.25, 0.3) is 0 Å². The molecule has 0 spiro atoms. The molecule has 0 aromatic rings. The molecule has 2 rings (SSSR count). The Balaban J connectivity index is 2.41. The Kier molecular flexibility index (Phi) is 3.16. The summed E-state index contributed by atoms with van der Waals surface area (Å²) in [6, 6.07) is 0. The first kappa shape index (κ1) is 14.0. The zero-order valence-electron chi connectivity index (χ0n) is 11.9. The maximum absolute atomic E-state index is 10.6. The van der Waals surface area contributed by atoms with Crippen LogP contribution in [0.15, 0.2) is 11.6 Å². The van der Waals surface area contributed by atoms with Crippen molar-refractivity contribution in [3.63, 3.8) is 0 Å². The lowest BCUT2D eigenvalue weighted by Gasteiger charge is -2.34. The lowest BCUT2D eigenvalue weighted by atomic mass is 9.77. The van der Waals surface area contributed by atoms with Gasteiger partial charge in [-0.15, -0.1) is 0 Å². The average molecular weight is 254 g/mol. The molecular formula is C15H26O3. The predicted octanol–water partition coefficient (Wildman–Crippen LogP) is 2.01. The summed E-state index contributed by atoms with van der Waals surface area (Å²) in [5, 5.41) is 31.3. The summed E-state index contributed by atoms with van der Waals surface area (Å²) >= 11 is 0. The van der Waals surface area contributed by atoms with Crippen molar-refractivity contribution < 1.29 is 15.3 Å². The first-order chi connectivity index (χ1) is 8.04. The average Bonchev–Trinajstić information content (AvgIpc) is 2.37. The summed E-state index contributed by atoms with van der Waals surface area (Å²) in [7, 11) is 0. The molecule has 1 saturated carbocycles. The molecule has 3 N–H and O–H groups in total. The smallest absolute Gasteiger partial charge is 0.0800 e. The van der Waals surface area contributed by atoms with Crippen molar-refractivity contribution in [3.05, 3.63) is 11.6 Å². The molecule has 0 aromatic heterocycles. The van der Waals surface area contributed by atoms with Gasteiger partial charge in [0.2, 0.25) is 0 Å². The largest absolute Gasteiger partial charge is 0.390 e. The van der Waals surface area contributed by atoms with Gasteiger partial charge in [-0.2, -0.15) is 0 Å². The van der Waals surface area contributed by atoms with Gasteiger partial charge < -0.3 is 15.3 Å². The van der Waals surface area contributed by atoms with E-state index in [1.54, 1.807) is 13.8 Å². The highest BCUT2D eigenvalue weighted by molar-refractivity contribution is 5.23. The Morgan fingerprint density at radius 2 is 1.78 bits per heavy atom. The van der Waals surface area contributed by atoms with Gasteiger partial charge in [-0.05, 0) is 64.9 Å². The zero-order chi connectivity index (χ0) is 13.8. The van der Waals surface area contributed by atoms with E-state index in [2.05, 4.69) is 0 Å². The van der Waals surface area contributed by atoms with E-state index in [0.717, 1.165) is 12.0 Å².